The molecule has 0 saturated carbocycles. The number of nitrogens with one attached hydrogen (secondary N) is 1. The standard InChI is InChI=1S/C9H15N5S/c1-13(2)9-7(4-10-6-14(9)3)8-5-11-15-12-8/h4-5,9-10H,6H2,1-3H3/t9-/m1/s1. The van der Waals surface area contributed by atoms with E-state index in [2.05, 4.69) is 45.0 Å². The van der Waals surface area contributed by atoms with Gasteiger partial charge in [0.25, 0.3) is 0 Å². The number of hydrogen-bond acceptors (Lipinski definition) is 6. The van der Waals surface area contributed by atoms with Crippen molar-refractivity contribution in [1.82, 2.24) is 23.9 Å². The first-order valence-corrected chi connectivity index (χ1v) is 5.51. The summed E-state index contributed by atoms with van der Waals surface area (Å²) in [6.07, 6.45) is 4.10. The van der Waals surface area contributed by atoms with Crippen LogP contribution >= 0.6 is 11.7 Å². The van der Waals surface area contributed by atoms with Crippen LogP contribution in [0.25, 0.3) is 5.57 Å². The third-order valence-corrected chi connectivity index (χ3v) is 2.92. The van der Waals surface area contributed by atoms with Gasteiger partial charge in [0.05, 0.1) is 30.8 Å². The number of aromatic nitrogens is 2. The minimum absolute atomic E-state index is 0.259. The van der Waals surface area contributed by atoms with E-state index in [0.29, 0.717) is 0 Å². The van der Waals surface area contributed by atoms with E-state index in [4.69, 9.17) is 0 Å². The van der Waals surface area contributed by atoms with Gasteiger partial charge >= 0.3 is 0 Å². The predicted octanol–water partition coefficient (Wildman–Crippen LogP) is 0.259. The molecule has 82 valence electrons. The zero-order valence-corrected chi connectivity index (χ0v) is 9.95. The Hall–Kier alpha value is -0.980. The minimum atomic E-state index is 0.259. The van der Waals surface area contributed by atoms with E-state index in [0.717, 1.165) is 12.4 Å². The summed E-state index contributed by atoms with van der Waals surface area (Å²) in [7, 11) is 6.23. The predicted molar refractivity (Wildman–Crippen MR) is 61.1 cm³/mol. The van der Waals surface area contributed by atoms with E-state index in [1.807, 2.05) is 12.4 Å². The van der Waals surface area contributed by atoms with Crippen molar-refractivity contribution in [3.8, 4) is 0 Å². The fourth-order valence-electron chi connectivity index (χ4n) is 1.87. The third kappa shape index (κ3) is 2.01. The molecule has 0 bridgehead atoms. The molecule has 6 heteroatoms. The van der Waals surface area contributed by atoms with Gasteiger partial charge < -0.3 is 5.32 Å². The van der Waals surface area contributed by atoms with Gasteiger partial charge in [-0.1, -0.05) is 0 Å². The zero-order valence-electron chi connectivity index (χ0n) is 9.14. The van der Waals surface area contributed by atoms with Crippen molar-refractivity contribution in [1.29, 1.82) is 0 Å². The van der Waals surface area contributed by atoms with Crippen LogP contribution in [0.5, 0.6) is 0 Å². The van der Waals surface area contributed by atoms with E-state index in [9.17, 15) is 0 Å². The molecule has 1 aliphatic heterocycles. The lowest BCUT2D eigenvalue weighted by molar-refractivity contribution is 0.139. The lowest BCUT2D eigenvalue weighted by Gasteiger charge is -2.37. The summed E-state index contributed by atoms with van der Waals surface area (Å²) in [5.41, 5.74) is 2.13. The van der Waals surface area contributed by atoms with Crippen molar-refractivity contribution in [2.75, 3.05) is 27.8 Å². The molecule has 5 nitrogen and oxygen atoms in total. The SMILES string of the molecule is CN(C)[C@H]1C(c2cnsn2)=CNCN1C. The summed E-state index contributed by atoms with van der Waals surface area (Å²) in [5.74, 6) is 0. The quantitative estimate of drug-likeness (QED) is 0.782. The second kappa shape index (κ2) is 4.26. The monoisotopic (exact) mass is 225 g/mol. The zero-order chi connectivity index (χ0) is 10.8. The van der Waals surface area contributed by atoms with Crippen LogP contribution < -0.4 is 5.32 Å². The number of hydrogen-bond donors (Lipinski definition) is 1. The number of likely N-dealkylation sites (N-methyl/N-ethyl adjacent to an activating group) is 2. The van der Waals surface area contributed by atoms with Gasteiger partial charge in [-0.05, 0) is 21.1 Å². The van der Waals surface area contributed by atoms with Crippen molar-refractivity contribution in [3.05, 3.63) is 18.1 Å². The van der Waals surface area contributed by atoms with Crippen molar-refractivity contribution in [3.63, 3.8) is 0 Å². The van der Waals surface area contributed by atoms with Crippen LogP contribution in [0, 0.1) is 0 Å². The maximum atomic E-state index is 4.28. The molecule has 1 aromatic heterocycles. The highest BCUT2D eigenvalue weighted by atomic mass is 32.1. The Morgan fingerprint density at radius 2 is 2.40 bits per heavy atom. The molecule has 0 radical (unpaired) electrons. The molecule has 1 atom stereocenters. The third-order valence-electron chi connectivity index (χ3n) is 2.44. The van der Waals surface area contributed by atoms with Crippen LogP contribution in [0.1, 0.15) is 5.69 Å². The molecule has 0 spiro atoms. The summed E-state index contributed by atoms with van der Waals surface area (Å²) in [6, 6.07) is 0. The van der Waals surface area contributed by atoms with Crippen LogP contribution in [-0.4, -0.2) is 52.5 Å². The molecule has 1 aliphatic rings. The van der Waals surface area contributed by atoms with Gasteiger partial charge in [0.15, 0.2) is 0 Å². The van der Waals surface area contributed by atoms with Crippen LogP contribution in [0.3, 0.4) is 0 Å². The summed E-state index contributed by atoms with van der Waals surface area (Å²) >= 11 is 1.24. The normalized spacial score (nSPS) is 22.7. The first kappa shape index (κ1) is 10.5. The molecular formula is C9H15N5S. The Balaban J connectivity index is 2.32. The summed E-state index contributed by atoms with van der Waals surface area (Å²) in [5, 5.41) is 3.23. The maximum Gasteiger partial charge on any atom is 0.104 e. The lowest BCUT2D eigenvalue weighted by Crippen LogP contribution is -2.49. The molecule has 15 heavy (non-hydrogen) atoms. The fraction of sp³-hybridized carbons (Fsp3) is 0.556. The Kier molecular flexibility index (Phi) is 2.99. The van der Waals surface area contributed by atoms with Crippen molar-refractivity contribution >= 4 is 17.3 Å². The molecule has 0 aromatic carbocycles. The van der Waals surface area contributed by atoms with E-state index < -0.39 is 0 Å². The van der Waals surface area contributed by atoms with Gasteiger partial charge in [0.1, 0.15) is 5.69 Å². The van der Waals surface area contributed by atoms with Crippen LogP contribution in [0.4, 0.5) is 0 Å². The Bertz CT molecular complexity index is 345. The van der Waals surface area contributed by atoms with Crippen LogP contribution in [0.2, 0.25) is 0 Å². The summed E-state index contributed by atoms with van der Waals surface area (Å²) < 4.78 is 8.32. The van der Waals surface area contributed by atoms with Crippen molar-refractivity contribution in [2.45, 2.75) is 6.17 Å². The Labute approximate surface area is 93.7 Å². The largest absolute Gasteiger partial charge is 0.378 e. The maximum absolute atomic E-state index is 4.28. The lowest BCUT2D eigenvalue weighted by atomic mass is 10.1. The molecule has 1 N–H and O–H groups in total. The average Bonchev–Trinajstić information content (AvgIpc) is 2.69. The highest BCUT2D eigenvalue weighted by Crippen LogP contribution is 2.23. The van der Waals surface area contributed by atoms with E-state index in [1.54, 1.807) is 0 Å². The molecule has 0 fully saturated rings. The van der Waals surface area contributed by atoms with Gasteiger partial charge in [-0.2, -0.15) is 8.75 Å². The Morgan fingerprint density at radius 3 is 3.00 bits per heavy atom. The fourth-order valence-corrected chi connectivity index (χ4v) is 2.30. The molecule has 0 amide bonds. The van der Waals surface area contributed by atoms with Gasteiger partial charge in [-0.25, -0.2) is 0 Å². The average molecular weight is 225 g/mol. The second-order valence-corrected chi connectivity index (χ2v) is 4.41. The number of rotatable bonds is 2. The van der Waals surface area contributed by atoms with Gasteiger partial charge in [0.2, 0.25) is 0 Å². The first-order chi connectivity index (χ1) is 7.20. The van der Waals surface area contributed by atoms with Crippen molar-refractivity contribution < 1.29 is 0 Å². The van der Waals surface area contributed by atoms with Gasteiger partial charge in [-0.15, -0.1) is 0 Å². The molecule has 2 rings (SSSR count). The minimum Gasteiger partial charge on any atom is -0.378 e. The second-order valence-electron chi connectivity index (χ2n) is 3.85. The summed E-state index contributed by atoms with van der Waals surface area (Å²) in [4.78, 5) is 4.40. The van der Waals surface area contributed by atoms with Crippen molar-refractivity contribution in [2.24, 2.45) is 0 Å². The van der Waals surface area contributed by atoms with Gasteiger partial charge in [-0.3, -0.25) is 9.80 Å². The Morgan fingerprint density at radius 1 is 1.60 bits per heavy atom. The molecule has 1 aromatic rings. The van der Waals surface area contributed by atoms with Gasteiger partial charge in [0, 0.05) is 11.8 Å². The molecular weight excluding hydrogens is 210 g/mol. The van der Waals surface area contributed by atoms with E-state index in [-0.39, 0.29) is 6.17 Å². The first-order valence-electron chi connectivity index (χ1n) is 4.78. The molecule has 0 saturated heterocycles. The summed E-state index contributed by atoms with van der Waals surface area (Å²) in [6.45, 7) is 0.851. The molecule has 2 heterocycles. The van der Waals surface area contributed by atoms with Crippen LogP contribution in [-0.2, 0) is 0 Å². The highest BCUT2D eigenvalue weighted by Gasteiger charge is 2.26. The molecule has 0 unspecified atom stereocenters. The van der Waals surface area contributed by atoms with Crippen LogP contribution in [0.15, 0.2) is 12.4 Å². The number of nitrogens with zero attached hydrogens (tertiary/aromatic N) is 4. The smallest absolute Gasteiger partial charge is 0.104 e. The van der Waals surface area contributed by atoms with E-state index >= 15 is 0 Å². The van der Waals surface area contributed by atoms with E-state index in [1.165, 1.54) is 17.3 Å². The molecule has 0 aliphatic carbocycles. The highest BCUT2D eigenvalue weighted by molar-refractivity contribution is 6.99. The topological polar surface area (TPSA) is 44.3 Å².